The fourth-order valence-electron chi connectivity index (χ4n) is 3.85. The molecule has 0 unspecified atom stereocenters. The third-order valence-corrected chi connectivity index (χ3v) is 6.67. The Bertz CT molecular complexity index is 1110. The van der Waals surface area contributed by atoms with Gasteiger partial charge in [-0.25, -0.2) is 4.99 Å². The maximum atomic E-state index is 13.3. The van der Waals surface area contributed by atoms with Crippen LogP contribution in [0.25, 0.3) is 0 Å². The first-order chi connectivity index (χ1) is 15.1. The number of nitrogens with one attached hydrogen (secondary N) is 1. The standard InChI is InChI=1S/C25H26N2O3S/c1-16-9-11-20-22(13-16)31-25(23(20)24(28)27-18-7-5-4-6-8-18)26-15-17-14-19(29-2)10-12-21(17)30-3/h4-8,10,12,14-16H,9,11,13H2,1-3H3,(H,27,28)/t16-/m0/s1. The molecule has 0 spiro atoms. The SMILES string of the molecule is COc1ccc(OC)c(C=Nc2sc3c(c2C(=O)Nc2ccccc2)CC[C@H](C)C3)c1. The van der Waals surface area contributed by atoms with Gasteiger partial charge in [0.1, 0.15) is 16.5 Å². The van der Waals surface area contributed by atoms with E-state index in [0.29, 0.717) is 17.2 Å². The van der Waals surface area contributed by atoms with Crippen molar-refractivity contribution in [3.63, 3.8) is 0 Å². The zero-order valence-electron chi connectivity index (χ0n) is 18.0. The summed E-state index contributed by atoms with van der Waals surface area (Å²) in [4.78, 5) is 19.3. The lowest BCUT2D eigenvalue weighted by atomic mass is 9.88. The fourth-order valence-corrected chi connectivity index (χ4v) is 5.20. The number of fused-ring (bicyclic) bond motifs is 1. The number of carbonyl (C=O) groups is 1. The number of hydrogen-bond acceptors (Lipinski definition) is 5. The van der Waals surface area contributed by atoms with Crippen LogP contribution in [0.3, 0.4) is 0 Å². The summed E-state index contributed by atoms with van der Waals surface area (Å²) in [7, 11) is 3.26. The van der Waals surface area contributed by atoms with Crippen LogP contribution in [0.15, 0.2) is 53.5 Å². The van der Waals surface area contributed by atoms with Crippen LogP contribution in [0.5, 0.6) is 11.5 Å². The summed E-state index contributed by atoms with van der Waals surface area (Å²) in [5.74, 6) is 1.94. The van der Waals surface area contributed by atoms with Crippen LogP contribution in [0.1, 0.15) is 39.7 Å². The number of para-hydroxylation sites is 1. The largest absolute Gasteiger partial charge is 0.497 e. The lowest BCUT2D eigenvalue weighted by molar-refractivity contribution is 0.102. The van der Waals surface area contributed by atoms with E-state index in [9.17, 15) is 4.79 Å². The lowest BCUT2D eigenvalue weighted by Gasteiger charge is -2.18. The molecule has 31 heavy (non-hydrogen) atoms. The van der Waals surface area contributed by atoms with E-state index in [4.69, 9.17) is 14.5 Å². The van der Waals surface area contributed by atoms with Crippen LogP contribution in [0, 0.1) is 5.92 Å². The molecule has 1 heterocycles. The number of methoxy groups -OCH3 is 2. The summed E-state index contributed by atoms with van der Waals surface area (Å²) in [5, 5.41) is 3.77. The average molecular weight is 435 g/mol. The minimum absolute atomic E-state index is 0.108. The Kier molecular flexibility index (Phi) is 6.37. The predicted octanol–water partition coefficient (Wildman–Crippen LogP) is 5.89. The number of benzene rings is 2. The van der Waals surface area contributed by atoms with Crippen LogP contribution in [0.4, 0.5) is 10.7 Å². The van der Waals surface area contributed by atoms with Gasteiger partial charge in [0.15, 0.2) is 0 Å². The van der Waals surface area contributed by atoms with Gasteiger partial charge in [0.2, 0.25) is 0 Å². The molecule has 0 radical (unpaired) electrons. The molecule has 2 aromatic carbocycles. The second kappa shape index (κ2) is 9.35. The molecule has 0 saturated carbocycles. The van der Waals surface area contributed by atoms with Crippen molar-refractivity contribution in [1.82, 2.24) is 0 Å². The Balaban J connectivity index is 1.72. The molecule has 1 aromatic heterocycles. The van der Waals surface area contributed by atoms with E-state index in [0.717, 1.165) is 46.8 Å². The van der Waals surface area contributed by atoms with E-state index in [1.54, 1.807) is 31.8 Å². The maximum Gasteiger partial charge on any atom is 0.259 e. The van der Waals surface area contributed by atoms with Gasteiger partial charge < -0.3 is 14.8 Å². The van der Waals surface area contributed by atoms with Crippen molar-refractivity contribution in [2.75, 3.05) is 19.5 Å². The highest BCUT2D eigenvalue weighted by Gasteiger charge is 2.27. The van der Waals surface area contributed by atoms with Crippen molar-refractivity contribution < 1.29 is 14.3 Å². The van der Waals surface area contributed by atoms with Crippen LogP contribution in [-0.2, 0) is 12.8 Å². The number of ether oxygens (including phenoxy) is 2. The molecule has 0 fully saturated rings. The summed E-state index contributed by atoms with van der Waals surface area (Å²) in [6, 6.07) is 15.1. The van der Waals surface area contributed by atoms with Gasteiger partial charge in [-0.05, 0) is 61.1 Å². The molecule has 1 amide bonds. The molecule has 1 atom stereocenters. The van der Waals surface area contributed by atoms with Gasteiger partial charge in [-0.2, -0.15) is 0 Å². The van der Waals surface area contributed by atoms with Crippen molar-refractivity contribution in [2.24, 2.45) is 10.9 Å². The van der Waals surface area contributed by atoms with E-state index in [2.05, 4.69) is 12.2 Å². The molecule has 160 valence electrons. The van der Waals surface area contributed by atoms with Crippen molar-refractivity contribution in [1.29, 1.82) is 0 Å². The highest BCUT2D eigenvalue weighted by Crippen LogP contribution is 2.41. The van der Waals surface area contributed by atoms with E-state index < -0.39 is 0 Å². The number of thiophene rings is 1. The van der Waals surface area contributed by atoms with Crippen molar-refractivity contribution >= 4 is 34.1 Å². The Labute approximate surface area is 186 Å². The number of hydrogen-bond donors (Lipinski definition) is 1. The third-order valence-electron chi connectivity index (χ3n) is 5.51. The number of aliphatic imine (C=N–C) groups is 1. The maximum absolute atomic E-state index is 13.3. The summed E-state index contributed by atoms with van der Waals surface area (Å²) < 4.78 is 10.8. The molecule has 1 N–H and O–H groups in total. The van der Waals surface area contributed by atoms with Crippen LogP contribution >= 0.6 is 11.3 Å². The highest BCUT2D eigenvalue weighted by molar-refractivity contribution is 7.16. The summed E-state index contributed by atoms with van der Waals surface area (Å²) >= 11 is 1.62. The normalized spacial score (nSPS) is 15.5. The lowest BCUT2D eigenvalue weighted by Crippen LogP contribution is -2.16. The molecule has 0 saturated heterocycles. The van der Waals surface area contributed by atoms with Gasteiger partial charge in [-0.1, -0.05) is 25.1 Å². The monoisotopic (exact) mass is 434 g/mol. The number of anilines is 1. The van der Waals surface area contributed by atoms with Crippen molar-refractivity contribution in [3.8, 4) is 11.5 Å². The molecule has 1 aliphatic rings. The van der Waals surface area contributed by atoms with Crippen LogP contribution in [-0.4, -0.2) is 26.3 Å². The van der Waals surface area contributed by atoms with Gasteiger partial charge in [0.25, 0.3) is 5.91 Å². The Hall–Kier alpha value is -3.12. The molecule has 6 heteroatoms. The Morgan fingerprint density at radius 3 is 2.71 bits per heavy atom. The molecule has 1 aliphatic carbocycles. The number of rotatable bonds is 6. The highest BCUT2D eigenvalue weighted by atomic mass is 32.1. The van der Waals surface area contributed by atoms with Crippen molar-refractivity contribution in [3.05, 3.63) is 70.1 Å². The van der Waals surface area contributed by atoms with Gasteiger partial charge in [0.05, 0.1) is 19.8 Å². The first-order valence-corrected chi connectivity index (χ1v) is 11.2. The van der Waals surface area contributed by atoms with Crippen LogP contribution < -0.4 is 14.8 Å². The average Bonchev–Trinajstić information content (AvgIpc) is 3.15. The molecule has 5 nitrogen and oxygen atoms in total. The van der Waals surface area contributed by atoms with Gasteiger partial charge in [0, 0.05) is 22.3 Å². The van der Waals surface area contributed by atoms with Crippen molar-refractivity contribution in [2.45, 2.75) is 26.2 Å². The minimum Gasteiger partial charge on any atom is -0.497 e. The molecule has 0 bridgehead atoms. The first kappa shape index (κ1) is 21.1. The molecule has 0 aliphatic heterocycles. The van der Waals surface area contributed by atoms with Gasteiger partial charge >= 0.3 is 0 Å². The smallest absolute Gasteiger partial charge is 0.259 e. The third kappa shape index (κ3) is 4.64. The number of nitrogens with zero attached hydrogens (tertiary/aromatic N) is 1. The minimum atomic E-state index is -0.108. The number of carbonyl (C=O) groups excluding carboxylic acids is 1. The first-order valence-electron chi connectivity index (χ1n) is 10.4. The topological polar surface area (TPSA) is 59.9 Å². The Morgan fingerprint density at radius 1 is 1.16 bits per heavy atom. The predicted molar refractivity (Wildman–Crippen MR) is 127 cm³/mol. The van der Waals surface area contributed by atoms with E-state index in [1.807, 2.05) is 48.5 Å². The molecule has 3 aromatic rings. The number of amides is 1. The van der Waals surface area contributed by atoms with Crippen LogP contribution in [0.2, 0.25) is 0 Å². The second-order valence-corrected chi connectivity index (χ2v) is 8.80. The van der Waals surface area contributed by atoms with E-state index >= 15 is 0 Å². The fraction of sp³-hybridized carbons (Fsp3) is 0.280. The van der Waals surface area contributed by atoms with Gasteiger partial charge in [-0.3, -0.25) is 4.79 Å². The van der Waals surface area contributed by atoms with Gasteiger partial charge in [-0.15, -0.1) is 11.3 Å². The summed E-state index contributed by atoms with van der Waals surface area (Å²) in [6.07, 6.45) is 4.73. The Morgan fingerprint density at radius 2 is 1.97 bits per heavy atom. The van der Waals surface area contributed by atoms with E-state index in [-0.39, 0.29) is 5.91 Å². The van der Waals surface area contributed by atoms with E-state index in [1.165, 1.54) is 4.88 Å². The zero-order chi connectivity index (χ0) is 21.8. The molecular formula is C25H26N2O3S. The summed E-state index contributed by atoms with van der Waals surface area (Å²) in [5.41, 5.74) is 3.41. The summed E-state index contributed by atoms with van der Waals surface area (Å²) in [6.45, 7) is 2.26. The quantitative estimate of drug-likeness (QED) is 0.492. The second-order valence-electron chi connectivity index (χ2n) is 7.72. The zero-order valence-corrected chi connectivity index (χ0v) is 18.8. The molecular weight excluding hydrogens is 408 g/mol. The molecule has 4 rings (SSSR count).